The molecular weight excluding hydrogens is 356 g/mol. The predicted octanol–water partition coefficient (Wildman–Crippen LogP) is 7.76. The second-order valence-corrected chi connectivity index (χ2v) is 10.1. The predicted molar refractivity (Wildman–Crippen MR) is 124 cm³/mol. The summed E-state index contributed by atoms with van der Waals surface area (Å²) < 4.78 is 12.5. The first-order valence-corrected chi connectivity index (χ1v) is 10.9. The summed E-state index contributed by atoms with van der Waals surface area (Å²) in [5.41, 5.74) is 4.53. The monoisotopic (exact) mass is 396 g/mol. The van der Waals surface area contributed by atoms with E-state index >= 15 is 0 Å². The van der Waals surface area contributed by atoms with E-state index < -0.39 is 0 Å². The van der Waals surface area contributed by atoms with E-state index in [9.17, 15) is 0 Å². The molecule has 0 heterocycles. The van der Waals surface area contributed by atoms with Gasteiger partial charge in [0.1, 0.15) is 22.7 Å². The van der Waals surface area contributed by atoms with Crippen molar-refractivity contribution in [2.45, 2.75) is 98.7 Å². The van der Waals surface area contributed by atoms with E-state index in [2.05, 4.69) is 106 Å². The van der Waals surface area contributed by atoms with E-state index in [0.29, 0.717) is 0 Å². The average Bonchev–Trinajstić information content (AvgIpc) is 2.63. The molecule has 0 amide bonds. The number of hydrogen-bond donors (Lipinski definition) is 0. The minimum absolute atomic E-state index is 0.104. The molecule has 0 bridgehead atoms. The van der Waals surface area contributed by atoms with Crippen LogP contribution < -0.4 is 9.47 Å². The summed E-state index contributed by atoms with van der Waals surface area (Å²) in [4.78, 5) is 0. The maximum Gasteiger partial charge on any atom is 0.123 e. The Bertz CT molecular complexity index is 836. The molecule has 0 aliphatic heterocycles. The molecule has 2 aromatic carbocycles. The van der Waals surface area contributed by atoms with Crippen LogP contribution in [0, 0.1) is 13.8 Å². The molecule has 0 saturated heterocycles. The molecule has 160 valence electrons. The van der Waals surface area contributed by atoms with Crippen LogP contribution in [-0.2, 0) is 5.41 Å². The fourth-order valence-corrected chi connectivity index (χ4v) is 3.46. The van der Waals surface area contributed by atoms with Gasteiger partial charge >= 0.3 is 0 Å². The third kappa shape index (κ3) is 5.56. The Morgan fingerprint density at radius 2 is 1.07 bits per heavy atom. The van der Waals surface area contributed by atoms with Crippen LogP contribution in [0.25, 0.3) is 0 Å². The molecule has 29 heavy (non-hydrogen) atoms. The van der Waals surface area contributed by atoms with E-state index in [0.717, 1.165) is 24.3 Å². The average molecular weight is 397 g/mol. The van der Waals surface area contributed by atoms with Crippen LogP contribution in [0.2, 0.25) is 0 Å². The van der Waals surface area contributed by atoms with Crippen LogP contribution in [0.5, 0.6) is 11.5 Å². The van der Waals surface area contributed by atoms with E-state index in [-0.39, 0.29) is 16.6 Å². The van der Waals surface area contributed by atoms with E-state index in [1.165, 1.54) is 22.3 Å². The maximum atomic E-state index is 6.37. The SMILES string of the molecule is CCC(C)(CC)Oc1ccc(C(C)(C)c2ccc(OC(C)(C)C)c(C)c2)cc1C. The Hall–Kier alpha value is -1.96. The largest absolute Gasteiger partial charge is 0.488 e. The van der Waals surface area contributed by atoms with Crippen LogP contribution in [0.4, 0.5) is 0 Å². The van der Waals surface area contributed by atoms with Gasteiger partial charge in [-0.3, -0.25) is 0 Å². The minimum Gasteiger partial charge on any atom is -0.488 e. The maximum absolute atomic E-state index is 6.37. The number of aryl methyl sites for hydroxylation is 2. The molecule has 2 aromatic rings. The van der Waals surface area contributed by atoms with Gasteiger partial charge < -0.3 is 9.47 Å². The van der Waals surface area contributed by atoms with E-state index in [1.807, 2.05) is 0 Å². The smallest absolute Gasteiger partial charge is 0.123 e. The molecule has 0 fully saturated rings. The summed E-state index contributed by atoms with van der Waals surface area (Å²) in [5.74, 6) is 1.94. The molecule has 0 saturated carbocycles. The zero-order chi connectivity index (χ0) is 22.0. The third-order valence-electron chi connectivity index (χ3n) is 6.06. The normalized spacial score (nSPS) is 12.8. The second kappa shape index (κ2) is 8.42. The lowest BCUT2D eigenvalue weighted by molar-refractivity contribution is 0.0794. The van der Waals surface area contributed by atoms with Crippen molar-refractivity contribution in [3.63, 3.8) is 0 Å². The van der Waals surface area contributed by atoms with Gasteiger partial charge in [-0.25, -0.2) is 0 Å². The van der Waals surface area contributed by atoms with Crippen molar-refractivity contribution in [2.24, 2.45) is 0 Å². The minimum atomic E-state index is -0.194. The Morgan fingerprint density at radius 3 is 1.41 bits per heavy atom. The fourth-order valence-electron chi connectivity index (χ4n) is 3.46. The van der Waals surface area contributed by atoms with Gasteiger partial charge in [-0.1, -0.05) is 52.0 Å². The lowest BCUT2D eigenvalue weighted by Crippen LogP contribution is -2.30. The van der Waals surface area contributed by atoms with Gasteiger partial charge in [0.05, 0.1) is 0 Å². The number of benzene rings is 2. The van der Waals surface area contributed by atoms with Crippen molar-refractivity contribution >= 4 is 0 Å². The molecule has 0 unspecified atom stereocenters. The zero-order valence-electron chi connectivity index (χ0n) is 20.2. The van der Waals surface area contributed by atoms with Crippen molar-refractivity contribution in [3.05, 3.63) is 58.7 Å². The molecule has 0 N–H and O–H groups in total. The quantitative estimate of drug-likeness (QED) is 0.476. The highest BCUT2D eigenvalue weighted by molar-refractivity contribution is 5.47. The molecule has 0 radical (unpaired) electrons. The van der Waals surface area contributed by atoms with Gasteiger partial charge in [-0.2, -0.15) is 0 Å². The summed E-state index contributed by atoms with van der Waals surface area (Å²) in [6.45, 7) is 21.6. The number of rotatable bonds is 7. The Labute approximate surface area is 178 Å². The number of ether oxygens (including phenoxy) is 2. The molecule has 2 rings (SSSR count). The molecular formula is C27H40O2. The lowest BCUT2D eigenvalue weighted by Gasteiger charge is -2.31. The van der Waals surface area contributed by atoms with Gasteiger partial charge in [-0.05, 0) is 88.8 Å². The van der Waals surface area contributed by atoms with Gasteiger partial charge in [0.2, 0.25) is 0 Å². The fraction of sp³-hybridized carbons (Fsp3) is 0.556. The Morgan fingerprint density at radius 1 is 0.655 bits per heavy atom. The van der Waals surface area contributed by atoms with E-state index in [1.54, 1.807) is 0 Å². The lowest BCUT2D eigenvalue weighted by atomic mass is 9.77. The third-order valence-corrected chi connectivity index (χ3v) is 6.06. The standard InChI is InChI=1S/C27H40O2/c1-11-27(10,12-2)29-24-16-14-22(18-20(24)4)26(8,9)21-13-15-23(19(3)17-21)28-25(5,6)7/h13-18H,11-12H2,1-10H3. The van der Waals surface area contributed by atoms with Crippen LogP contribution in [0.3, 0.4) is 0 Å². The zero-order valence-corrected chi connectivity index (χ0v) is 20.2. The van der Waals surface area contributed by atoms with Crippen molar-refractivity contribution in [1.82, 2.24) is 0 Å². The highest BCUT2D eigenvalue weighted by Crippen LogP contribution is 2.37. The molecule has 0 atom stereocenters. The van der Waals surface area contributed by atoms with Crippen LogP contribution in [0.15, 0.2) is 36.4 Å². The summed E-state index contributed by atoms with van der Waals surface area (Å²) in [6, 6.07) is 13.2. The summed E-state index contributed by atoms with van der Waals surface area (Å²) >= 11 is 0. The van der Waals surface area contributed by atoms with Crippen molar-refractivity contribution in [1.29, 1.82) is 0 Å². The Balaban J connectivity index is 2.34. The topological polar surface area (TPSA) is 18.5 Å². The van der Waals surface area contributed by atoms with Crippen molar-refractivity contribution in [3.8, 4) is 11.5 Å². The van der Waals surface area contributed by atoms with Gasteiger partial charge in [0.15, 0.2) is 0 Å². The summed E-state index contributed by atoms with van der Waals surface area (Å²) in [7, 11) is 0. The van der Waals surface area contributed by atoms with Gasteiger partial charge in [0.25, 0.3) is 0 Å². The summed E-state index contributed by atoms with van der Waals surface area (Å²) in [5, 5.41) is 0. The van der Waals surface area contributed by atoms with Crippen LogP contribution in [-0.4, -0.2) is 11.2 Å². The Kier molecular flexibility index (Phi) is 6.77. The highest BCUT2D eigenvalue weighted by Gasteiger charge is 2.27. The van der Waals surface area contributed by atoms with Crippen LogP contribution in [0.1, 0.15) is 90.5 Å². The summed E-state index contributed by atoms with van der Waals surface area (Å²) in [6.07, 6.45) is 2.00. The first-order valence-electron chi connectivity index (χ1n) is 10.9. The molecule has 2 heteroatoms. The van der Waals surface area contributed by atoms with Crippen LogP contribution >= 0.6 is 0 Å². The first-order chi connectivity index (χ1) is 13.3. The first kappa shape index (κ1) is 23.3. The van der Waals surface area contributed by atoms with Gasteiger partial charge in [-0.15, -0.1) is 0 Å². The molecule has 0 spiro atoms. The van der Waals surface area contributed by atoms with Crippen molar-refractivity contribution < 1.29 is 9.47 Å². The molecule has 0 aromatic heterocycles. The second-order valence-electron chi connectivity index (χ2n) is 10.1. The molecule has 0 aliphatic rings. The molecule has 0 aliphatic carbocycles. The van der Waals surface area contributed by atoms with Gasteiger partial charge in [0, 0.05) is 5.41 Å². The highest BCUT2D eigenvalue weighted by atomic mass is 16.5. The molecule has 2 nitrogen and oxygen atoms in total. The number of hydrogen-bond acceptors (Lipinski definition) is 2. The van der Waals surface area contributed by atoms with Crippen molar-refractivity contribution in [2.75, 3.05) is 0 Å². The van der Waals surface area contributed by atoms with E-state index in [4.69, 9.17) is 9.47 Å².